The Morgan fingerprint density at radius 3 is 2.82 bits per heavy atom. The number of hydrogen-bond donors (Lipinski definition) is 1. The van der Waals surface area contributed by atoms with Crippen LogP contribution >= 0.6 is 11.9 Å². The van der Waals surface area contributed by atoms with E-state index < -0.39 is 0 Å². The summed E-state index contributed by atoms with van der Waals surface area (Å²) in [5, 5.41) is 0.158. The summed E-state index contributed by atoms with van der Waals surface area (Å²) in [5.74, 6) is 0. The third-order valence-electron chi connectivity index (χ3n) is 1.61. The van der Waals surface area contributed by atoms with Crippen LogP contribution in [0, 0.1) is 0 Å². The van der Waals surface area contributed by atoms with Gasteiger partial charge in [0.15, 0.2) is 0 Å². The third-order valence-corrected chi connectivity index (χ3v) is 2.40. The van der Waals surface area contributed by atoms with Gasteiger partial charge in [-0.25, -0.2) is 0 Å². The zero-order valence-corrected chi connectivity index (χ0v) is 7.79. The molecule has 1 fully saturated rings. The summed E-state index contributed by atoms with van der Waals surface area (Å²) in [6, 6.07) is 0. The van der Waals surface area contributed by atoms with E-state index in [1.807, 2.05) is 0 Å². The van der Waals surface area contributed by atoms with Gasteiger partial charge in [0.1, 0.15) is 0 Å². The van der Waals surface area contributed by atoms with Crippen LogP contribution in [-0.2, 0) is 0 Å². The molecule has 3 heteroatoms. The van der Waals surface area contributed by atoms with Crippen molar-refractivity contribution in [1.29, 1.82) is 0 Å². The molecule has 2 radical (unpaired) electrons. The van der Waals surface area contributed by atoms with E-state index in [1.54, 1.807) is 11.9 Å². The molecule has 58 valence electrons. The molecule has 0 aromatic heterocycles. The van der Waals surface area contributed by atoms with Crippen LogP contribution in [0.1, 0.15) is 20.3 Å². The predicted octanol–water partition coefficient (Wildman–Crippen LogP) is 1.97. The van der Waals surface area contributed by atoms with E-state index in [9.17, 15) is 0 Å². The fraction of sp³-hybridized carbons (Fsp3) is 0.500. The second-order valence-electron chi connectivity index (χ2n) is 2.94. The van der Waals surface area contributed by atoms with E-state index in [-0.39, 0.29) is 5.15 Å². The molecule has 0 aromatic rings. The zero-order valence-electron chi connectivity index (χ0n) is 6.98. The molecule has 0 spiro atoms. The lowest BCUT2D eigenvalue weighted by atomic mass is 9.94. The molecule has 11 heavy (non-hydrogen) atoms. The van der Waals surface area contributed by atoms with Gasteiger partial charge >= 0.3 is 0 Å². The number of rotatable bonds is 0. The summed E-state index contributed by atoms with van der Waals surface area (Å²) in [5.41, 5.74) is 3.56. The summed E-state index contributed by atoms with van der Waals surface area (Å²) in [6.45, 7) is 8.10. The monoisotopic (exact) mass is 165 g/mol. The van der Waals surface area contributed by atoms with Gasteiger partial charge in [0, 0.05) is 5.70 Å². The Kier molecular flexibility index (Phi) is 2.71. The van der Waals surface area contributed by atoms with Gasteiger partial charge in [-0.05, 0) is 31.0 Å². The molecule has 1 saturated heterocycles. The molecular weight excluding hydrogens is 153 g/mol. The lowest BCUT2D eigenvalue weighted by Crippen LogP contribution is -2.22. The van der Waals surface area contributed by atoms with Crippen LogP contribution in [0.25, 0.3) is 0 Å². The van der Waals surface area contributed by atoms with Gasteiger partial charge in [-0.1, -0.05) is 24.1 Å². The first-order valence-electron chi connectivity index (χ1n) is 3.64. The van der Waals surface area contributed by atoms with E-state index in [1.165, 1.54) is 5.57 Å². The maximum Gasteiger partial charge on any atom is 0.0875 e. The quantitative estimate of drug-likeness (QED) is 0.435. The highest BCUT2D eigenvalue weighted by molar-refractivity contribution is 7.99. The molecule has 1 nitrogen and oxygen atoms in total. The fourth-order valence-electron chi connectivity index (χ4n) is 1.05. The van der Waals surface area contributed by atoms with Crippen molar-refractivity contribution in [1.82, 2.24) is 4.72 Å². The average molecular weight is 165 g/mol. The Labute approximate surface area is 73.9 Å². The van der Waals surface area contributed by atoms with Crippen molar-refractivity contribution >= 4 is 19.8 Å². The second-order valence-corrected chi connectivity index (χ2v) is 3.99. The average Bonchev–Trinajstić information content (AvgIpc) is 1.85. The molecule has 1 N–H and O–H groups in total. The molecule has 0 bridgehead atoms. The van der Waals surface area contributed by atoms with Crippen LogP contribution in [0.4, 0.5) is 0 Å². The summed E-state index contributed by atoms with van der Waals surface area (Å²) < 4.78 is 3.19. The fourth-order valence-corrected chi connectivity index (χ4v) is 1.95. The van der Waals surface area contributed by atoms with Crippen LogP contribution in [0.3, 0.4) is 0 Å². The molecule has 1 unspecified atom stereocenters. The van der Waals surface area contributed by atoms with Crippen LogP contribution in [0.15, 0.2) is 23.4 Å². The molecule has 1 aliphatic heterocycles. The van der Waals surface area contributed by atoms with Gasteiger partial charge in [-0.2, -0.15) is 0 Å². The van der Waals surface area contributed by atoms with E-state index in [2.05, 4.69) is 25.1 Å². The van der Waals surface area contributed by atoms with Crippen molar-refractivity contribution < 1.29 is 0 Å². The molecule has 0 aromatic carbocycles. The lowest BCUT2D eigenvalue weighted by molar-refractivity contribution is 0.973. The van der Waals surface area contributed by atoms with Crippen LogP contribution in [0.5, 0.6) is 0 Å². The Balaban J connectivity index is 2.74. The number of nitrogens with one attached hydrogen (secondary N) is 1. The molecule has 1 atom stereocenters. The predicted molar refractivity (Wildman–Crippen MR) is 52.4 cm³/mol. The minimum absolute atomic E-state index is 0.158. The molecule has 0 amide bonds. The first kappa shape index (κ1) is 8.79. The van der Waals surface area contributed by atoms with Gasteiger partial charge in [0.2, 0.25) is 0 Å². The van der Waals surface area contributed by atoms with E-state index in [4.69, 9.17) is 7.85 Å². The maximum absolute atomic E-state index is 5.70. The van der Waals surface area contributed by atoms with Crippen molar-refractivity contribution in [2.75, 3.05) is 0 Å². The van der Waals surface area contributed by atoms with E-state index in [0.717, 1.165) is 17.7 Å². The maximum atomic E-state index is 5.70. The highest BCUT2D eigenvalue weighted by Crippen LogP contribution is 2.27. The van der Waals surface area contributed by atoms with Crippen molar-refractivity contribution in [3.05, 3.63) is 23.4 Å². The summed E-state index contributed by atoms with van der Waals surface area (Å²) in [6.07, 6.45) is 0.887. The Hall–Kier alpha value is -0.305. The molecule has 0 aliphatic carbocycles. The van der Waals surface area contributed by atoms with Gasteiger partial charge in [-0.15, -0.1) is 0 Å². The zero-order chi connectivity index (χ0) is 8.43. The topological polar surface area (TPSA) is 12.0 Å². The largest absolute Gasteiger partial charge is 0.330 e. The van der Waals surface area contributed by atoms with Gasteiger partial charge in [0.25, 0.3) is 0 Å². The van der Waals surface area contributed by atoms with Gasteiger partial charge in [0.05, 0.1) is 7.85 Å². The van der Waals surface area contributed by atoms with E-state index in [0.29, 0.717) is 0 Å². The van der Waals surface area contributed by atoms with Gasteiger partial charge in [-0.3, -0.25) is 0 Å². The standard InChI is InChI=1S/C8H12BNS/c1-5(2)8-6(3)4-7(9)11-10-8/h7,10H,3-4H2,1-2H3. The van der Waals surface area contributed by atoms with Crippen LogP contribution in [-0.4, -0.2) is 13.0 Å². The summed E-state index contributed by atoms with van der Waals surface area (Å²) >= 11 is 1.57. The molecule has 1 rings (SSSR count). The molecule has 1 aliphatic rings. The highest BCUT2D eigenvalue weighted by atomic mass is 32.2. The Bertz CT molecular complexity index is 206. The smallest absolute Gasteiger partial charge is 0.0875 e. The summed E-state index contributed by atoms with van der Waals surface area (Å²) in [7, 11) is 5.70. The number of allylic oxidation sites excluding steroid dienone is 2. The van der Waals surface area contributed by atoms with Crippen LogP contribution < -0.4 is 4.72 Å². The number of hydrogen-bond acceptors (Lipinski definition) is 2. The van der Waals surface area contributed by atoms with Crippen molar-refractivity contribution in [2.24, 2.45) is 0 Å². The first-order valence-corrected chi connectivity index (χ1v) is 4.52. The lowest BCUT2D eigenvalue weighted by Gasteiger charge is -2.25. The van der Waals surface area contributed by atoms with E-state index >= 15 is 0 Å². The van der Waals surface area contributed by atoms with Crippen LogP contribution in [0.2, 0.25) is 0 Å². The Morgan fingerprint density at radius 2 is 2.36 bits per heavy atom. The molecule has 1 heterocycles. The van der Waals surface area contributed by atoms with Crippen molar-refractivity contribution in [3.63, 3.8) is 0 Å². The van der Waals surface area contributed by atoms with Gasteiger partial charge < -0.3 is 4.72 Å². The van der Waals surface area contributed by atoms with Crippen molar-refractivity contribution in [3.8, 4) is 0 Å². The second kappa shape index (κ2) is 3.39. The highest BCUT2D eigenvalue weighted by Gasteiger charge is 2.15. The van der Waals surface area contributed by atoms with Crippen molar-refractivity contribution in [2.45, 2.75) is 25.4 Å². The third kappa shape index (κ3) is 2.06. The SMILES string of the molecule is [B]C1CC(=C)C(=C(C)C)NS1. The minimum atomic E-state index is 0.158. The first-order chi connectivity index (χ1) is 5.11. The minimum Gasteiger partial charge on any atom is -0.330 e. The summed E-state index contributed by atoms with van der Waals surface area (Å²) in [4.78, 5) is 0. The Morgan fingerprint density at radius 1 is 1.73 bits per heavy atom. The molecule has 0 saturated carbocycles. The normalized spacial score (nSPS) is 24.7. The molecular formula is C8H12BNS.